The Morgan fingerprint density at radius 2 is 1.73 bits per heavy atom. The topological polar surface area (TPSA) is 41.6 Å². The van der Waals surface area contributed by atoms with Gasteiger partial charge in [0.25, 0.3) is 0 Å². The largest absolute Gasteiger partial charge is 0.497 e. The first-order valence-corrected chi connectivity index (χ1v) is 9.39. The summed E-state index contributed by atoms with van der Waals surface area (Å²) in [6.07, 6.45) is 3.41. The zero-order valence-electron chi connectivity index (χ0n) is 15.5. The number of carbonyl (C=O) groups excluding carboxylic acids is 1. The van der Waals surface area contributed by atoms with Crippen molar-refractivity contribution in [2.75, 3.05) is 26.7 Å². The number of ether oxygens (including phenoxy) is 1. The number of nitrogens with one attached hydrogen (secondary N) is 1. The summed E-state index contributed by atoms with van der Waals surface area (Å²) >= 11 is 0. The van der Waals surface area contributed by atoms with Gasteiger partial charge in [-0.05, 0) is 61.5 Å². The van der Waals surface area contributed by atoms with E-state index in [2.05, 4.69) is 22.3 Å². The van der Waals surface area contributed by atoms with Crippen molar-refractivity contribution in [1.29, 1.82) is 0 Å². The second kappa shape index (κ2) is 9.39. The van der Waals surface area contributed by atoms with Crippen LogP contribution in [0.25, 0.3) is 0 Å². The highest BCUT2D eigenvalue weighted by Gasteiger charge is 2.21. The Morgan fingerprint density at radius 1 is 1.04 bits per heavy atom. The molecule has 4 heteroatoms. The molecule has 138 valence electrons. The van der Waals surface area contributed by atoms with Gasteiger partial charge in [-0.15, -0.1) is 0 Å². The number of rotatable bonds is 7. The van der Waals surface area contributed by atoms with Crippen LogP contribution in [0.4, 0.5) is 0 Å². The molecule has 1 fully saturated rings. The van der Waals surface area contributed by atoms with Crippen molar-refractivity contribution in [1.82, 2.24) is 10.2 Å². The summed E-state index contributed by atoms with van der Waals surface area (Å²) in [7, 11) is 1.70. The van der Waals surface area contributed by atoms with E-state index < -0.39 is 0 Å². The fourth-order valence-corrected chi connectivity index (χ4v) is 3.50. The summed E-state index contributed by atoms with van der Waals surface area (Å²) in [5.74, 6) is 1.72. The zero-order chi connectivity index (χ0) is 18.2. The number of nitrogens with zero attached hydrogens (tertiary/aromatic N) is 1. The van der Waals surface area contributed by atoms with Gasteiger partial charge in [0.15, 0.2) is 0 Å². The van der Waals surface area contributed by atoms with Crippen molar-refractivity contribution in [3.63, 3.8) is 0 Å². The maximum absolute atomic E-state index is 12.2. The lowest BCUT2D eigenvalue weighted by molar-refractivity contribution is -0.122. The molecule has 2 aromatic rings. The molecule has 3 rings (SSSR count). The van der Waals surface area contributed by atoms with Gasteiger partial charge in [-0.3, -0.25) is 9.69 Å². The Bertz CT molecular complexity index is 677. The van der Waals surface area contributed by atoms with Crippen LogP contribution in [-0.4, -0.2) is 37.6 Å². The number of methoxy groups -OCH3 is 1. The number of carbonyl (C=O) groups is 1. The molecule has 26 heavy (non-hydrogen) atoms. The van der Waals surface area contributed by atoms with Crippen LogP contribution in [-0.2, 0) is 17.8 Å². The Morgan fingerprint density at radius 3 is 2.38 bits per heavy atom. The van der Waals surface area contributed by atoms with Crippen molar-refractivity contribution >= 4 is 5.91 Å². The molecule has 1 aliphatic heterocycles. The van der Waals surface area contributed by atoms with Crippen molar-refractivity contribution in [2.45, 2.75) is 25.8 Å². The first kappa shape index (κ1) is 18.5. The second-order valence-corrected chi connectivity index (χ2v) is 7.03. The summed E-state index contributed by atoms with van der Waals surface area (Å²) in [4.78, 5) is 14.4. The minimum absolute atomic E-state index is 0.113. The van der Waals surface area contributed by atoms with Gasteiger partial charge < -0.3 is 10.1 Å². The molecule has 1 saturated heterocycles. The number of benzene rings is 2. The summed E-state index contributed by atoms with van der Waals surface area (Å²) in [5.41, 5.74) is 2.50. The summed E-state index contributed by atoms with van der Waals surface area (Å²) < 4.78 is 5.21. The van der Waals surface area contributed by atoms with E-state index in [4.69, 9.17) is 4.74 Å². The first-order valence-electron chi connectivity index (χ1n) is 9.39. The maximum atomic E-state index is 12.2. The zero-order valence-corrected chi connectivity index (χ0v) is 15.5. The molecule has 0 aromatic heterocycles. The fraction of sp³-hybridized carbons (Fsp3) is 0.409. The van der Waals surface area contributed by atoms with Gasteiger partial charge in [0, 0.05) is 6.54 Å². The number of piperidine rings is 1. The first-order chi connectivity index (χ1) is 12.7. The van der Waals surface area contributed by atoms with E-state index in [1.807, 2.05) is 42.5 Å². The Hall–Kier alpha value is -2.33. The molecule has 0 spiro atoms. The Kier molecular flexibility index (Phi) is 6.67. The molecule has 1 heterocycles. The van der Waals surface area contributed by atoms with E-state index in [1.165, 1.54) is 5.56 Å². The lowest BCUT2D eigenvalue weighted by atomic mass is 9.90. The minimum Gasteiger partial charge on any atom is -0.497 e. The Labute approximate surface area is 156 Å². The van der Waals surface area contributed by atoms with Crippen molar-refractivity contribution < 1.29 is 9.53 Å². The number of amides is 1. The molecule has 0 radical (unpaired) electrons. The molecule has 1 aliphatic rings. The highest BCUT2D eigenvalue weighted by atomic mass is 16.5. The Balaban J connectivity index is 1.37. The molecule has 1 amide bonds. The number of likely N-dealkylation sites (tertiary alicyclic amines) is 1. The predicted octanol–water partition coefficient (Wildman–Crippen LogP) is 3.27. The van der Waals surface area contributed by atoms with Crippen LogP contribution in [0.15, 0.2) is 54.6 Å². The van der Waals surface area contributed by atoms with E-state index in [1.54, 1.807) is 7.11 Å². The van der Waals surface area contributed by atoms with Gasteiger partial charge in [-0.25, -0.2) is 0 Å². The second-order valence-electron chi connectivity index (χ2n) is 7.03. The lowest BCUT2D eigenvalue weighted by Crippen LogP contribution is -2.41. The van der Waals surface area contributed by atoms with Crippen molar-refractivity contribution in [3.05, 3.63) is 65.7 Å². The molecular formula is C22H28N2O2. The molecule has 0 saturated carbocycles. The normalized spacial score (nSPS) is 15.6. The third-order valence-corrected chi connectivity index (χ3v) is 5.09. The molecule has 0 bridgehead atoms. The summed E-state index contributed by atoms with van der Waals surface area (Å²) in [5, 5.41) is 3.02. The van der Waals surface area contributed by atoms with E-state index in [0.717, 1.165) is 43.7 Å². The average Bonchev–Trinajstić information content (AvgIpc) is 2.69. The van der Waals surface area contributed by atoms with Gasteiger partial charge in [-0.1, -0.05) is 42.5 Å². The van der Waals surface area contributed by atoms with Crippen molar-refractivity contribution in [2.24, 2.45) is 5.92 Å². The summed E-state index contributed by atoms with van der Waals surface area (Å²) in [6, 6.07) is 18.4. The number of hydrogen-bond acceptors (Lipinski definition) is 3. The van der Waals surface area contributed by atoms with E-state index in [-0.39, 0.29) is 5.91 Å². The lowest BCUT2D eigenvalue weighted by Gasteiger charge is -2.31. The molecule has 1 N–H and O–H groups in total. The predicted molar refractivity (Wildman–Crippen MR) is 104 cm³/mol. The molecule has 0 aliphatic carbocycles. The van der Waals surface area contributed by atoms with Gasteiger partial charge in [0.2, 0.25) is 5.91 Å². The molecular weight excluding hydrogens is 324 g/mol. The van der Waals surface area contributed by atoms with E-state index in [0.29, 0.717) is 19.0 Å². The third kappa shape index (κ3) is 5.60. The quantitative estimate of drug-likeness (QED) is 0.832. The molecule has 0 atom stereocenters. The van der Waals surface area contributed by atoms with Crippen LogP contribution in [0.3, 0.4) is 0 Å². The van der Waals surface area contributed by atoms with Crippen molar-refractivity contribution in [3.8, 4) is 5.75 Å². The van der Waals surface area contributed by atoms with Crippen LogP contribution in [0.2, 0.25) is 0 Å². The van der Waals surface area contributed by atoms with Gasteiger partial charge in [-0.2, -0.15) is 0 Å². The monoisotopic (exact) mass is 352 g/mol. The molecule has 2 aromatic carbocycles. The standard InChI is InChI=1S/C22H28N2O2/c1-26-21-9-7-18(8-10-21)15-19-11-13-24(14-12-19)17-22(25)23-16-20-5-3-2-4-6-20/h2-10,19H,11-17H2,1H3,(H,23,25). The van der Waals surface area contributed by atoms with E-state index in [9.17, 15) is 4.79 Å². The molecule has 4 nitrogen and oxygen atoms in total. The molecule has 0 unspecified atom stereocenters. The van der Waals surface area contributed by atoms with Gasteiger partial charge >= 0.3 is 0 Å². The number of hydrogen-bond donors (Lipinski definition) is 1. The van der Waals surface area contributed by atoms with E-state index >= 15 is 0 Å². The van der Waals surface area contributed by atoms with Crippen LogP contribution in [0.1, 0.15) is 24.0 Å². The van der Waals surface area contributed by atoms with Gasteiger partial charge in [0.1, 0.15) is 5.75 Å². The minimum atomic E-state index is 0.113. The average molecular weight is 352 g/mol. The smallest absolute Gasteiger partial charge is 0.234 e. The SMILES string of the molecule is COc1ccc(CC2CCN(CC(=O)NCc3ccccc3)CC2)cc1. The highest BCUT2D eigenvalue weighted by molar-refractivity contribution is 5.78. The summed E-state index contributed by atoms with van der Waals surface area (Å²) in [6.45, 7) is 3.11. The highest BCUT2D eigenvalue weighted by Crippen LogP contribution is 2.22. The van der Waals surface area contributed by atoms with Gasteiger partial charge in [0.05, 0.1) is 13.7 Å². The third-order valence-electron chi connectivity index (χ3n) is 5.09. The van der Waals surface area contributed by atoms with Crippen LogP contribution in [0, 0.1) is 5.92 Å². The van der Waals surface area contributed by atoms with Crippen LogP contribution < -0.4 is 10.1 Å². The van der Waals surface area contributed by atoms with Crippen LogP contribution in [0.5, 0.6) is 5.75 Å². The maximum Gasteiger partial charge on any atom is 0.234 e. The van der Waals surface area contributed by atoms with Crippen LogP contribution >= 0.6 is 0 Å². The fourth-order valence-electron chi connectivity index (χ4n) is 3.50.